The van der Waals surface area contributed by atoms with Crippen molar-refractivity contribution in [1.82, 2.24) is 0 Å². The van der Waals surface area contributed by atoms with Crippen molar-refractivity contribution in [1.29, 1.82) is 0 Å². The first-order chi connectivity index (χ1) is 16.9. The van der Waals surface area contributed by atoms with Gasteiger partial charge in [0.2, 0.25) is 0 Å². The van der Waals surface area contributed by atoms with Gasteiger partial charge >= 0.3 is 8.32 Å². The van der Waals surface area contributed by atoms with E-state index in [9.17, 15) is 9.59 Å². The first-order valence-electron chi connectivity index (χ1n) is 11.7. The molecule has 0 saturated carbocycles. The molecule has 0 aliphatic heterocycles. The lowest BCUT2D eigenvalue weighted by Gasteiger charge is -2.34. The standard InChI is InChI=1S/C31H26O3Si/c1-21-7-13-24(14-8-21)35(25-15-9-22(2)10-16-25,26-17-11-23(3)12-18-26)34-30-6-4-5-27-28(32)19-20-29(33)31(27)30/h4-20H,1-3H3. The van der Waals surface area contributed by atoms with Crippen LogP contribution in [0.25, 0.3) is 0 Å². The summed E-state index contributed by atoms with van der Waals surface area (Å²) in [6.07, 6.45) is 2.67. The lowest BCUT2D eigenvalue weighted by molar-refractivity contribution is 0.0992. The lowest BCUT2D eigenvalue weighted by Crippen LogP contribution is -2.71. The highest BCUT2D eigenvalue weighted by Gasteiger charge is 2.45. The number of benzene rings is 4. The van der Waals surface area contributed by atoms with E-state index in [2.05, 4.69) is 93.6 Å². The van der Waals surface area contributed by atoms with Gasteiger partial charge < -0.3 is 4.43 Å². The first kappa shape index (κ1) is 22.8. The Bertz CT molecular complexity index is 1340. The van der Waals surface area contributed by atoms with E-state index < -0.39 is 8.32 Å². The van der Waals surface area contributed by atoms with Crippen molar-refractivity contribution in [3.63, 3.8) is 0 Å². The smallest absolute Gasteiger partial charge is 0.346 e. The summed E-state index contributed by atoms with van der Waals surface area (Å²) >= 11 is 0. The highest BCUT2D eigenvalue weighted by atomic mass is 28.4. The fourth-order valence-corrected chi connectivity index (χ4v) is 8.37. The van der Waals surface area contributed by atoms with Gasteiger partial charge in [-0.05, 0) is 54.5 Å². The van der Waals surface area contributed by atoms with Crippen LogP contribution in [0, 0.1) is 20.8 Å². The molecule has 35 heavy (non-hydrogen) atoms. The number of rotatable bonds is 5. The van der Waals surface area contributed by atoms with E-state index in [1.807, 2.05) is 6.07 Å². The number of carbonyl (C=O) groups excluding carboxylic acids is 2. The van der Waals surface area contributed by atoms with E-state index in [1.165, 1.54) is 12.2 Å². The molecule has 0 radical (unpaired) electrons. The van der Waals surface area contributed by atoms with Crippen LogP contribution < -0.4 is 20.0 Å². The van der Waals surface area contributed by atoms with E-state index in [0.717, 1.165) is 32.3 Å². The minimum atomic E-state index is -3.13. The molecular formula is C31H26O3Si. The summed E-state index contributed by atoms with van der Waals surface area (Å²) in [5.74, 6) is 0.0479. The van der Waals surface area contributed by atoms with Crippen LogP contribution >= 0.6 is 0 Å². The molecule has 0 fully saturated rings. The highest BCUT2D eigenvalue weighted by Crippen LogP contribution is 2.29. The topological polar surface area (TPSA) is 43.4 Å². The molecule has 4 aromatic rings. The molecular weight excluding hydrogens is 448 g/mol. The Morgan fingerprint density at radius 1 is 0.543 bits per heavy atom. The van der Waals surface area contributed by atoms with E-state index in [-0.39, 0.29) is 11.6 Å². The van der Waals surface area contributed by atoms with Crippen molar-refractivity contribution in [3.05, 3.63) is 131 Å². The highest BCUT2D eigenvalue weighted by molar-refractivity contribution is 7.07. The second-order valence-corrected chi connectivity index (χ2v) is 12.4. The third-order valence-corrected chi connectivity index (χ3v) is 10.5. The summed E-state index contributed by atoms with van der Waals surface area (Å²) in [6.45, 7) is 6.20. The predicted molar refractivity (Wildman–Crippen MR) is 143 cm³/mol. The molecule has 0 spiro atoms. The molecule has 172 valence electrons. The molecule has 1 aliphatic carbocycles. The molecule has 5 rings (SSSR count). The maximum atomic E-state index is 13.0. The van der Waals surface area contributed by atoms with E-state index >= 15 is 0 Å². The predicted octanol–water partition coefficient (Wildman–Crippen LogP) is 4.59. The van der Waals surface area contributed by atoms with Crippen LogP contribution in [0.1, 0.15) is 37.4 Å². The van der Waals surface area contributed by atoms with Crippen molar-refractivity contribution in [2.24, 2.45) is 0 Å². The van der Waals surface area contributed by atoms with Gasteiger partial charge in [-0.3, -0.25) is 9.59 Å². The summed E-state index contributed by atoms with van der Waals surface area (Å²) in [5, 5.41) is 3.20. The van der Waals surface area contributed by atoms with Crippen LogP contribution in [0.15, 0.2) is 103 Å². The van der Waals surface area contributed by atoms with Crippen LogP contribution in [0.4, 0.5) is 0 Å². The minimum Gasteiger partial charge on any atom is -0.530 e. The number of hydrogen-bond acceptors (Lipinski definition) is 3. The zero-order chi connectivity index (χ0) is 24.6. The van der Waals surface area contributed by atoms with Gasteiger partial charge in [-0.1, -0.05) is 102 Å². The molecule has 0 bridgehead atoms. The molecule has 0 amide bonds. The maximum absolute atomic E-state index is 13.0. The van der Waals surface area contributed by atoms with E-state index in [1.54, 1.807) is 12.1 Å². The molecule has 0 saturated heterocycles. The number of carbonyl (C=O) groups is 2. The van der Waals surface area contributed by atoms with Crippen molar-refractivity contribution in [2.45, 2.75) is 20.8 Å². The molecule has 0 heterocycles. The summed E-state index contributed by atoms with van der Waals surface area (Å²) < 4.78 is 7.13. The fraction of sp³-hybridized carbons (Fsp3) is 0.0968. The average molecular weight is 475 g/mol. The average Bonchev–Trinajstić information content (AvgIpc) is 2.86. The van der Waals surface area contributed by atoms with Crippen LogP contribution in [-0.2, 0) is 0 Å². The number of ketones is 2. The Labute approximate surface area is 206 Å². The summed E-state index contributed by atoms with van der Waals surface area (Å²) in [4.78, 5) is 25.6. The molecule has 0 aromatic heterocycles. The lowest BCUT2D eigenvalue weighted by atomic mass is 9.94. The Morgan fingerprint density at radius 2 is 0.971 bits per heavy atom. The van der Waals surface area contributed by atoms with E-state index in [0.29, 0.717) is 16.9 Å². The maximum Gasteiger partial charge on any atom is 0.346 e. The third kappa shape index (κ3) is 4.06. The quantitative estimate of drug-likeness (QED) is 0.314. The Kier molecular flexibility index (Phi) is 5.83. The third-order valence-electron chi connectivity index (χ3n) is 6.56. The van der Waals surface area contributed by atoms with Gasteiger partial charge in [-0.25, -0.2) is 0 Å². The Morgan fingerprint density at radius 3 is 1.43 bits per heavy atom. The van der Waals surface area contributed by atoms with Crippen LogP contribution in [0.5, 0.6) is 5.75 Å². The van der Waals surface area contributed by atoms with Crippen molar-refractivity contribution >= 4 is 35.4 Å². The first-order valence-corrected chi connectivity index (χ1v) is 13.6. The second-order valence-electron chi connectivity index (χ2n) is 9.12. The Hall–Kier alpha value is -4.02. The monoisotopic (exact) mass is 474 g/mol. The van der Waals surface area contributed by atoms with Gasteiger partial charge in [0, 0.05) is 5.56 Å². The van der Waals surface area contributed by atoms with Gasteiger partial charge in [0.1, 0.15) is 5.75 Å². The number of hydrogen-bond donors (Lipinski definition) is 0. The number of fused-ring (bicyclic) bond motifs is 1. The largest absolute Gasteiger partial charge is 0.530 e. The summed E-state index contributed by atoms with van der Waals surface area (Å²) in [7, 11) is -3.13. The van der Waals surface area contributed by atoms with Gasteiger partial charge in [-0.2, -0.15) is 0 Å². The van der Waals surface area contributed by atoms with Gasteiger partial charge in [0.15, 0.2) is 11.6 Å². The number of allylic oxidation sites excluding steroid dienone is 2. The van der Waals surface area contributed by atoms with Crippen molar-refractivity contribution in [2.75, 3.05) is 0 Å². The van der Waals surface area contributed by atoms with Crippen LogP contribution in [0.3, 0.4) is 0 Å². The summed E-state index contributed by atoms with van der Waals surface area (Å²) in [6, 6.07) is 30.6. The van der Waals surface area contributed by atoms with Crippen LogP contribution in [0.2, 0.25) is 0 Å². The van der Waals surface area contributed by atoms with Crippen molar-refractivity contribution < 1.29 is 14.0 Å². The molecule has 0 atom stereocenters. The van der Waals surface area contributed by atoms with Gasteiger partial charge in [0.05, 0.1) is 5.56 Å². The molecule has 4 heteroatoms. The van der Waals surface area contributed by atoms with E-state index in [4.69, 9.17) is 4.43 Å². The van der Waals surface area contributed by atoms with Gasteiger partial charge in [-0.15, -0.1) is 0 Å². The second kappa shape index (κ2) is 8.97. The molecule has 1 aliphatic rings. The molecule has 0 unspecified atom stereocenters. The molecule has 4 aromatic carbocycles. The zero-order valence-electron chi connectivity index (χ0n) is 20.0. The summed E-state index contributed by atoms with van der Waals surface area (Å²) in [5.41, 5.74) is 4.20. The normalized spacial score (nSPS) is 13.0. The molecule has 0 N–H and O–H groups in total. The Balaban J connectivity index is 1.82. The van der Waals surface area contributed by atoms with Crippen molar-refractivity contribution in [3.8, 4) is 5.75 Å². The minimum absolute atomic E-state index is 0.182. The zero-order valence-corrected chi connectivity index (χ0v) is 21.0. The number of aryl methyl sites for hydroxylation is 3. The van der Waals surface area contributed by atoms with Crippen LogP contribution in [-0.4, -0.2) is 19.9 Å². The van der Waals surface area contributed by atoms with Gasteiger partial charge in [0.25, 0.3) is 0 Å². The molecule has 3 nitrogen and oxygen atoms in total. The fourth-order valence-electron chi connectivity index (χ4n) is 4.61. The SMILES string of the molecule is Cc1ccc([Si](Oc2cccc3c2C(=O)C=CC3=O)(c2ccc(C)cc2)c2ccc(C)cc2)cc1.